The third-order valence-corrected chi connectivity index (χ3v) is 2.04. The monoisotopic (exact) mass is 220 g/mol. The summed E-state index contributed by atoms with van der Waals surface area (Å²) in [4.78, 5) is 0. The van der Waals surface area contributed by atoms with Gasteiger partial charge in [0.2, 0.25) is 0 Å². The lowest BCUT2D eigenvalue weighted by atomic mass is 10.1. The van der Waals surface area contributed by atoms with Crippen LogP contribution in [0.2, 0.25) is 0 Å². The first-order chi connectivity index (χ1) is 7.56. The highest BCUT2D eigenvalue weighted by atomic mass is 16.5. The molecule has 0 amide bonds. The van der Waals surface area contributed by atoms with E-state index in [2.05, 4.69) is 0 Å². The van der Waals surface area contributed by atoms with Gasteiger partial charge in [-0.15, -0.1) is 0 Å². The highest BCUT2D eigenvalue weighted by molar-refractivity contribution is 6.02. The Morgan fingerprint density at radius 2 is 1.94 bits per heavy atom. The molecule has 0 aliphatic heterocycles. The molecular weight excluding hydrogens is 204 g/mol. The SMILES string of the molecule is CCCOc1ccc(C(=N)N)cc1C(=N)N. The molecule has 0 fully saturated rings. The second-order valence-corrected chi connectivity index (χ2v) is 3.39. The summed E-state index contributed by atoms with van der Waals surface area (Å²) in [6, 6.07) is 4.96. The van der Waals surface area contributed by atoms with Crippen LogP contribution in [-0.2, 0) is 0 Å². The van der Waals surface area contributed by atoms with E-state index in [0.717, 1.165) is 6.42 Å². The summed E-state index contributed by atoms with van der Waals surface area (Å²) < 4.78 is 5.45. The van der Waals surface area contributed by atoms with Crippen LogP contribution in [-0.4, -0.2) is 18.3 Å². The molecule has 1 aromatic rings. The van der Waals surface area contributed by atoms with E-state index in [9.17, 15) is 0 Å². The van der Waals surface area contributed by atoms with E-state index >= 15 is 0 Å². The van der Waals surface area contributed by atoms with Crippen molar-refractivity contribution in [2.75, 3.05) is 6.61 Å². The maximum atomic E-state index is 7.44. The number of amidine groups is 2. The highest BCUT2D eigenvalue weighted by Gasteiger charge is 2.09. The van der Waals surface area contributed by atoms with Gasteiger partial charge in [-0.2, -0.15) is 0 Å². The first kappa shape index (κ1) is 12.0. The zero-order valence-corrected chi connectivity index (χ0v) is 9.21. The molecule has 1 rings (SSSR count). The number of benzene rings is 1. The average Bonchev–Trinajstić information content (AvgIpc) is 2.25. The van der Waals surface area contributed by atoms with Crippen LogP contribution in [0.3, 0.4) is 0 Å². The van der Waals surface area contributed by atoms with Crippen LogP contribution in [0.15, 0.2) is 18.2 Å². The van der Waals surface area contributed by atoms with Gasteiger partial charge in [0.25, 0.3) is 0 Å². The molecule has 0 saturated heterocycles. The normalized spacial score (nSPS) is 9.81. The van der Waals surface area contributed by atoms with Crippen molar-refractivity contribution in [3.05, 3.63) is 29.3 Å². The molecule has 0 heterocycles. The van der Waals surface area contributed by atoms with E-state index in [4.69, 9.17) is 27.0 Å². The largest absolute Gasteiger partial charge is 0.493 e. The molecule has 0 atom stereocenters. The van der Waals surface area contributed by atoms with Crippen molar-refractivity contribution in [3.8, 4) is 5.75 Å². The number of nitrogens with one attached hydrogen (secondary N) is 2. The summed E-state index contributed by atoms with van der Waals surface area (Å²) in [5, 5.41) is 14.7. The fourth-order valence-corrected chi connectivity index (χ4v) is 1.25. The summed E-state index contributed by atoms with van der Waals surface area (Å²) in [5.74, 6) is 0.415. The van der Waals surface area contributed by atoms with E-state index in [1.807, 2.05) is 6.92 Å². The summed E-state index contributed by atoms with van der Waals surface area (Å²) in [6.45, 7) is 2.57. The van der Waals surface area contributed by atoms with Crippen molar-refractivity contribution in [2.24, 2.45) is 11.5 Å². The molecule has 0 aromatic heterocycles. The molecule has 16 heavy (non-hydrogen) atoms. The van der Waals surface area contributed by atoms with Crippen LogP contribution in [0.4, 0.5) is 0 Å². The number of ether oxygens (including phenoxy) is 1. The molecule has 0 radical (unpaired) electrons. The minimum atomic E-state index is -0.0887. The molecule has 1 aromatic carbocycles. The maximum Gasteiger partial charge on any atom is 0.130 e. The predicted molar refractivity (Wildman–Crippen MR) is 64.3 cm³/mol. The topological polar surface area (TPSA) is 109 Å². The van der Waals surface area contributed by atoms with Crippen molar-refractivity contribution < 1.29 is 4.74 Å². The van der Waals surface area contributed by atoms with Gasteiger partial charge in [-0.3, -0.25) is 10.8 Å². The molecule has 0 unspecified atom stereocenters. The lowest BCUT2D eigenvalue weighted by molar-refractivity contribution is 0.317. The lowest BCUT2D eigenvalue weighted by Gasteiger charge is -2.11. The molecule has 6 N–H and O–H groups in total. The van der Waals surface area contributed by atoms with E-state index in [1.54, 1.807) is 18.2 Å². The van der Waals surface area contributed by atoms with Gasteiger partial charge in [0.15, 0.2) is 0 Å². The Hall–Kier alpha value is -2.04. The maximum absolute atomic E-state index is 7.44. The van der Waals surface area contributed by atoms with E-state index in [0.29, 0.717) is 23.5 Å². The number of nitrogens with two attached hydrogens (primary N) is 2. The van der Waals surface area contributed by atoms with Gasteiger partial charge >= 0.3 is 0 Å². The Morgan fingerprint density at radius 3 is 2.44 bits per heavy atom. The molecule has 0 saturated carbocycles. The van der Waals surface area contributed by atoms with Crippen molar-refractivity contribution in [1.29, 1.82) is 10.8 Å². The molecule has 0 bridgehead atoms. The van der Waals surface area contributed by atoms with Crippen LogP contribution in [0, 0.1) is 10.8 Å². The Kier molecular flexibility index (Phi) is 3.88. The van der Waals surface area contributed by atoms with Gasteiger partial charge in [-0.1, -0.05) is 6.92 Å². The van der Waals surface area contributed by atoms with Crippen LogP contribution >= 0.6 is 0 Å². The van der Waals surface area contributed by atoms with Gasteiger partial charge in [-0.05, 0) is 24.6 Å². The zero-order chi connectivity index (χ0) is 12.1. The van der Waals surface area contributed by atoms with Gasteiger partial charge in [0.1, 0.15) is 17.4 Å². The Morgan fingerprint density at radius 1 is 1.25 bits per heavy atom. The van der Waals surface area contributed by atoms with Crippen LogP contribution in [0.25, 0.3) is 0 Å². The summed E-state index contributed by atoms with van der Waals surface area (Å²) in [5.41, 5.74) is 11.8. The summed E-state index contributed by atoms with van der Waals surface area (Å²) in [7, 11) is 0. The second kappa shape index (κ2) is 5.16. The third kappa shape index (κ3) is 2.73. The average molecular weight is 220 g/mol. The molecule has 5 heteroatoms. The minimum Gasteiger partial charge on any atom is -0.493 e. The van der Waals surface area contributed by atoms with Crippen LogP contribution in [0.5, 0.6) is 5.75 Å². The third-order valence-electron chi connectivity index (χ3n) is 2.04. The predicted octanol–water partition coefficient (Wildman–Crippen LogP) is 1.04. The highest BCUT2D eigenvalue weighted by Crippen LogP contribution is 2.19. The lowest BCUT2D eigenvalue weighted by Crippen LogP contribution is -2.17. The second-order valence-electron chi connectivity index (χ2n) is 3.39. The van der Waals surface area contributed by atoms with Gasteiger partial charge in [0.05, 0.1) is 12.2 Å². The van der Waals surface area contributed by atoms with Crippen molar-refractivity contribution in [2.45, 2.75) is 13.3 Å². The Labute approximate surface area is 94.4 Å². The van der Waals surface area contributed by atoms with Crippen molar-refractivity contribution >= 4 is 11.7 Å². The molecule has 86 valence electrons. The van der Waals surface area contributed by atoms with E-state index in [1.165, 1.54) is 0 Å². The summed E-state index contributed by atoms with van der Waals surface area (Å²) >= 11 is 0. The van der Waals surface area contributed by atoms with Crippen molar-refractivity contribution in [1.82, 2.24) is 0 Å². The molecule has 5 nitrogen and oxygen atoms in total. The molecular formula is C11H16N4O. The number of rotatable bonds is 5. The first-order valence-corrected chi connectivity index (χ1v) is 5.02. The quantitative estimate of drug-likeness (QED) is 0.439. The molecule has 0 spiro atoms. The minimum absolute atomic E-state index is 0.0514. The first-order valence-electron chi connectivity index (χ1n) is 5.02. The van der Waals surface area contributed by atoms with Gasteiger partial charge in [0, 0.05) is 5.56 Å². The smallest absolute Gasteiger partial charge is 0.130 e. The summed E-state index contributed by atoms with van der Waals surface area (Å²) in [6.07, 6.45) is 0.881. The fraction of sp³-hybridized carbons (Fsp3) is 0.273. The number of hydrogen-bond acceptors (Lipinski definition) is 3. The Balaban J connectivity index is 3.09. The number of hydrogen-bond donors (Lipinski definition) is 4. The van der Waals surface area contributed by atoms with Crippen LogP contribution in [0.1, 0.15) is 24.5 Å². The standard InChI is InChI=1S/C11H16N4O/c1-2-5-16-9-4-3-7(10(12)13)6-8(9)11(14)15/h3-4,6H,2,5H2,1H3,(H3,12,13)(H3,14,15). The Bertz CT molecular complexity index is 414. The zero-order valence-electron chi connectivity index (χ0n) is 9.21. The van der Waals surface area contributed by atoms with E-state index in [-0.39, 0.29) is 11.7 Å². The fourth-order valence-electron chi connectivity index (χ4n) is 1.25. The van der Waals surface area contributed by atoms with Crippen LogP contribution < -0.4 is 16.2 Å². The van der Waals surface area contributed by atoms with Gasteiger partial charge < -0.3 is 16.2 Å². The molecule has 0 aliphatic rings. The van der Waals surface area contributed by atoms with Gasteiger partial charge in [-0.25, -0.2) is 0 Å². The van der Waals surface area contributed by atoms with Crippen molar-refractivity contribution in [3.63, 3.8) is 0 Å². The number of nitrogen functional groups attached to an aromatic ring is 2. The molecule has 0 aliphatic carbocycles. The van der Waals surface area contributed by atoms with E-state index < -0.39 is 0 Å².